The highest BCUT2D eigenvalue weighted by Gasteiger charge is 2.29. The van der Waals surface area contributed by atoms with Gasteiger partial charge in [-0.25, -0.2) is 0 Å². The number of hydrogen-bond donors (Lipinski definition) is 1. The van der Waals surface area contributed by atoms with Crippen molar-refractivity contribution in [1.82, 2.24) is 0 Å². The second-order valence-corrected chi connectivity index (χ2v) is 4.26. The number of benzene rings is 1. The van der Waals surface area contributed by atoms with Crippen molar-refractivity contribution in [2.75, 3.05) is 7.11 Å². The summed E-state index contributed by atoms with van der Waals surface area (Å²) in [7, 11) is 1.19. The summed E-state index contributed by atoms with van der Waals surface area (Å²) in [5.74, 6) is -0.638. The number of thioether (sulfide) groups is 1. The molecule has 8 heteroatoms. The van der Waals surface area contributed by atoms with Gasteiger partial charge in [-0.05, 0) is 29.5 Å². The van der Waals surface area contributed by atoms with E-state index in [-0.39, 0.29) is 29.1 Å². The third-order valence-electron chi connectivity index (χ3n) is 1.93. The predicted octanol–water partition coefficient (Wildman–Crippen LogP) is 2.89. The van der Waals surface area contributed by atoms with Crippen molar-refractivity contribution in [1.29, 1.82) is 0 Å². The number of esters is 1. The van der Waals surface area contributed by atoms with Crippen molar-refractivity contribution in [3.8, 4) is 0 Å². The highest BCUT2D eigenvalue weighted by atomic mass is 35.5. The van der Waals surface area contributed by atoms with Gasteiger partial charge in [0.25, 0.3) is 0 Å². The summed E-state index contributed by atoms with van der Waals surface area (Å²) >= 11 is -0.222. The maximum atomic E-state index is 12.0. The molecular weight excluding hydrogens is 291 g/mol. The Labute approximate surface area is 112 Å². The number of carbonyl (C=O) groups is 1. The van der Waals surface area contributed by atoms with Crippen LogP contribution in [0.3, 0.4) is 0 Å². The number of methoxy groups -OCH3 is 1. The van der Waals surface area contributed by atoms with Crippen LogP contribution in [0.2, 0.25) is 0 Å². The zero-order chi connectivity index (χ0) is 13.1. The molecule has 0 aliphatic carbocycles. The molecule has 0 aromatic heterocycles. The first-order chi connectivity index (χ1) is 7.83. The number of ether oxygens (including phenoxy) is 1. The zero-order valence-electron chi connectivity index (χ0n) is 9.23. The summed E-state index contributed by atoms with van der Waals surface area (Å²) in [6, 6.07) is 4.28. The average Bonchev–Trinajstić information content (AvgIpc) is 2.26. The minimum atomic E-state index is -4.33. The summed E-state index contributed by atoms with van der Waals surface area (Å²) in [4.78, 5) is 11.1. The van der Waals surface area contributed by atoms with Gasteiger partial charge in [-0.1, -0.05) is 12.1 Å². The molecule has 0 saturated carbocycles. The van der Waals surface area contributed by atoms with Gasteiger partial charge >= 0.3 is 11.5 Å². The van der Waals surface area contributed by atoms with Gasteiger partial charge in [-0.15, -0.1) is 12.4 Å². The van der Waals surface area contributed by atoms with E-state index in [0.717, 1.165) is 0 Å². The molecule has 0 aliphatic heterocycles. The van der Waals surface area contributed by atoms with E-state index in [0.29, 0.717) is 5.56 Å². The van der Waals surface area contributed by atoms with Gasteiger partial charge in [0.1, 0.15) is 6.04 Å². The SMILES string of the molecule is COC(=O)[C@H](N)c1ccc(SC(F)(F)F)cc1.Cl. The van der Waals surface area contributed by atoms with Gasteiger partial charge < -0.3 is 10.5 Å². The molecule has 0 bridgehead atoms. The molecule has 1 aromatic rings. The van der Waals surface area contributed by atoms with E-state index in [2.05, 4.69) is 4.74 Å². The minimum absolute atomic E-state index is 0. The molecule has 102 valence electrons. The van der Waals surface area contributed by atoms with Crippen molar-refractivity contribution in [3.05, 3.63) is 29.8 Å². The molecular formula is C10H11ClF3NO2S. The third-order valence-corrected chi connectivity index (χ3v) is 2.67. The normalized spacial score (nSPS) is 12.5. The van der Waals surface area contributed by atoms with Crippen molar-refractivity contribution < 1.29 is 22.7 Å². The number of alkyl halides is 3. The molecule has 0 fully saturated rings. The first kappa shape index (κ1) is 17.1. The molecule has 1 rings (SSSR count). The largest absolute Gasteiger partial charge is 0.468 e. The zero-order valence-corrected chi connectivity index (χ0v) is 10.9. The molecule has 0 amide bonds. The molecule has 0 unspecified atom stereocenters. The second-order valence-electron chi connectivity index (χ2n) is 3.12. The van der Waals surface area contributed by atoms with Gasteiger partial charge in [0.2, 0.25) is 0 Å². The standard InChI is InChI=1S/C10H10F3NO2S.ClH/c1-16-9(15)8(14)6-2-4-7(5-3-6)17-10(11,12)13;/h2-5,8H,14H2,1H3;1H/t8-;/m1./s1. The van der Waals surface area contributed by atoms with Crippen LogP contribution >= 0.6 is 24.2 Å². The smallest absolute Gasteiger partial charge is 0.446 e. The van der Waals surface area contributed by atoms with Crippen molar-refractivity contribution >= 4 is 30.1 Å². The maximum Gasteiger partial charge on any atom is 0.446 e. The van der Waals surface area contributed by atoms with Crippen LogP contribution in [0.4, 0.5) is 13.2 Å². The fraction of sp³-hybridized carbons (Fsp3) is 0.300. The second kappa shape index (κ2) is 6.86. The van der Waals surface area contributed by atoms with Gasteiger partial charge in [-0.3, -0.25) is 4.79 Å². The Morgan fingerprint density at radius 2 is 1.83 bits per heavy atom. The molecule has 0 aliphatic rings. The van der Waals surface area contributed by atoms with Gasteiger partial charge in [0.05, 0.1) is 7.11 Å². The van der Waals surface area contributed by atoms with E-state index >= 15 is 0 Å². The molecule has 0 saturated heterocycles. The van der Waals surface area contributed by atoms with Gasteiger partial charge in [-0.2, -0.15) is 13.2 Å². The van der Waals surface area contributed by atoms with Crippen molar-refractivity contribution in [2.45, 2.75) is 16.4 Å². The Hall–Kier alpha value is -0.920. The Bertz CT molecular complexity index is 397. The lowest BCUT2D eigenvalue weighted by Gasteiger charge is -2.10. The Morgan fingerprint density at radius 1 is 1.33 bits per heavy atom. The molecule has 0 spiro atoms. The minimum Gasteiger partial charge on any atom is -0.468 e. The summed E-state index contributed by atoms with van der Waals surface area (Å²) < 4.78 is 40.6. The lowest BCUT2D eigenvalue weighted by molar-refractivity contribution is -0.142. The van der Waals surface area contributed by atoms with E-state index < -0.39 is 17.5 Å². The third kappa shape index (κ3) is 5.16. The van der Waals surface area contributed by atoms with Crippen LogP contribution in [0, 0.1) is 0 Å². The quantitative estimate of drug-likeness (QED) is 0.689. The average molecular weight is 302 g/mol. The van der Waals surface area contributed by atoms with Crippen LogP contribution in [-0.4, -0.2) is 18.6 Å². The molecule has 1 atom stereocenters. The Balaban J connectivity index is 0.00000289. The molecule has 1 aromatic carbocycles. The highest BCUT2D eigenvalue weighted by molar-refractivity contribution is 8.00. The summed E-state index contributed by atoms with van der Waals surface area (Å²) in [6.45, 7) is 0. The van der Waals surface area contributed by atoms with E-state index in [4.69, 9.17) is 5.73 Å². The number of hydrogen-bond acceptors (Lipinski definition) is 4. The molecule has 0 radical (unpaired) electrons. The molecule has 0 heterocycles. The lowest BCUT2D eigenvalue weighted by atomic mass is 10.1. The van der Waals surface area contributed by atoms with Crippen LogP contribution in [0.5, 0.6) is 0 Å². The lowest BCUT2D eigenvalue weighted by Crippen LogP contribution is -2.22. The Morgan fingerprint density at radius 3 is 2.22 bits per heavy atom. The first-order valence-corrected chi connectivity index (χ1v) is 5.34. The topological polar surface area (TPSA) is 52.3 Å². The number of halogens is 4. The van der Waals surface area contributed by atoms with Gasteiger partial charge in [0.15, 0.2) is 0 Å². The van der Waals surface area contributed by atoms with E-state index in [1.54, 1.807) is 0 Å². The van der Waals surface area contributed by atoms with Crippen LogP contribution < -0.4 is 5.73 Å². The predicted molar refractivity (Wildman–Crippen MR) is 64.5 cm³/mol. The first-order valence-electron chi connectivity index (χ1n) is 4.52. The Kier molecular flexibility index (Phi) is 6.51. The van der Waals surface area contributed by atoms with Crippen molar-refractivity contribution in [2.24, 2.45) is 5.73 Å². The summed E-state index contributed by atoms with van der Waals surface area (Å²) in [5.41, 5.74) is 1.60. The van der Waals surface area contributed by atoms with Crippen LogP contribution in [0.25, 0.3) is 0 Å². The summed E-state index contributed by atoms with van der Waals surface area (Å²) in [6.07, 6.45) is 0. The highest BCUT2D eigenvalue weighted by Crippen LogP contribution is 2.36. The molecule has 3 nitrogen and oxygen atoms in total. The van der Waals surface area contributed by atoms with E-state index in [9.17, 15) is 18.0 Å². The molecule has 18 heavy (non-hydrogen) atoms. The summed E-state index contributed by atoms with van der Waals surface area (Å²) in [5, 5.41) is 0. The van der Waals surface area contributed by atoms with Crippen LogP contribution in [0.1, 0.15) is 11.6 Å². The van der Waals surface area contributed by atoms with E-state index in [1.165, 1.54) is 31.4 Å². The maximum absolute atomic E-state index is 12.0. The number of rotatable bonds is 3. The van der Waals surface area contributed by atoms with Crippen molar-refractivity contribution in [3.63, 3.8) is 0 Å². The van der Waals surface area contributed by atoms with E-state index in [1.807, 2.05) is 0 Å². The van der Waals surface area contributed by atoms with Crippen LogP contribution in [-0.2, 0) is 9.53 Å². The molecule has 2 N–H and O–H groups in total. The monoisotopic (exact) mass is 301 g/mol. The van der Waals surface area contributed by atoms with Gasteiger partial charge in [0, 0.05) is 4.90 Å². The fourth-order valence-corrected chi connectivity index (χ4v) is 1.68. The fourth-order valence-electron chi connectivity index (χ4n) is 1.14. The number of nitrogens with two attached hydrogens (primary N) is 1. The number of carbonyl (C=O) groups excluding carboxylic acids is 1. The van der Waals surface area contributed by atoms with Crippen LogP contribution in [0.15, 0.2) is 29.2 Å².